The molecule has 0 aromatic carbocycles. The van der Waals surface area contributed by atoms with Gasteiger partial charge in [-0.3, -0.25) is 14.7 Å². The van der Waals surface area contributed by atoms with Gasteiger partial charge in [0.1, 0.15) is 0 Å². The highest BCUT2D eigenvalue weighted by atomic mass is 15.3. The lowest BCUT2D eigenvalue weighted by Gasteiger charge is -2.45. The summed E-state index contributed by atoms with van der Waals surface area (Å²) < 4.78 is 0. The minimum atomic E-state index is 0.306. The molecule has 2 aliphatic heterocycles. The molecule has 0 spiro atoms. The molecule has 2 heterocycles. The van der Waals surface area contributed by atoms with E-state index < -0.39 is 0 Å². The molecule has 0 N–H and O–H groups in total. The van der Waals surface area contributed by atoms with Crippen LogP contribution in [-0.2, 0) is 0 Å². The highest BCUT2D eigenvalue weighted by molar-refractivity contribution is 5.00. The number of hydrogen-bond acceptors (Lipinski definition) is 3. The van der Waals surface area contributed by atoms with E-state index in [1.807, 2.05) is 0 Å². The maximum absolute atomic E-state index is 3.83. The zero-order chi connectivity index (χ0) is 38.4. The Morgan fingerprint density at radius 3 is 1.00 bits per heavy atom. The largest absolute Gasteiger partial charge is 0.298 e. The highest BCUT2D eigenvalue weighted by Gasteiger charge is 2.33. The Hall–Kier alpha value is -0.380. The summed E-state index contributed by atoms with van der Waals surface area (Å²) in [7, 11) is 0. The minimum absolute atomic E-state index is 0.306. The Kier molecular flexibility index (Phi) is 20.5. The molecule has 5 rings (SSSR count). The molecule has 2 saturated heterocycles. The van der Waals surface area contributed by atoms with Gasteiger partial charge in [-0.05, 0) is 141 Å². The van der Waals surface area contributed by atoms with E-state index >= 15 is 0 Å². The highest BCUT2D eigenvalue weighted by Crippen LogP contribution is 2.44. The number of allylic oxidation sites excluding steroid dienone is 1. The van der Waals surface area contributed by atoms with E-state index in [1.54, 1.807) is 0 Å². The molecule has 3 saturated carbocycles. The van der Waals surface area contributed by atoms with Crippen molar-refractivity contribution in [2.75, 3.05) is 39.3 Å². The van der Waals surface area contributed by atoms with Crippen molar-refractivity contribution < 1.29 is 0 Å². The normalized spacial score (nSPS) is 22.7. The van der Waals surface area contributed by atoms with E-state index in [2.05, 4.69) is 132 Å². The molecule has 298 valence electrons. The van der Waals surface area contributed by atoms with Crippen LogP contribution in [0.1, 0.15) is 207 Å². The maximum atomic E-state index is 3.83. The third kappa shape index (κ3) is 20.8. The Morgan fingerprint density at radius 1 is 0.420 bits per heavy atom. The summed E-state index contributed by atoms with van der Waals surface area (Å²) in [4.78, 5) is 7.96. The van der Waals surface area contributed by atoms with Crippen molar-refractivity contribution >= 4 is 0 Å². The molecule has 0 amide bonds. The molecule has 0 aromatic heterocycles. The molecule has 0 atom stereocenters. The molecule has 50 heavy (non-hydrogen) atoms. The molecule has 3 heteroatoms. The summed E-state index contributed by atoms with van der Waals surface area (Å²) in [6, 6.07) is 0.913. The van der Waals surface area contributed by atoms with Gasteiger partial charge in [0.25, 0.3) is 0 Å². The van der Waals surface area contributed by atoms with Crippen LogP contribution in [0.15, 0.2) is 12.2 Å². The van der Waals surface area contributed by atoms with Crippen LogP contribution in [-0.4, -0.2) is 71.1 Å². The van der Waals surface area contributed by atoms with Crippen LogP contribution in [0.5, 0.6) is 0 Å². The Balaban J connectivity index is 0.000000326. The number of piperidine rings is 1. The summed E-state index contributed by atoms with van der Waals surface area (Å²) in [6.45, 7) is 48.1. The molecule has 0 bridgehead atoms. The number of hydrogen-bond donors (Lipinski definition) is 0. The lowest BCUT2D eigenvalue weighted by molar-refractivity contribution is 0.0333. The van der Waals surface area contributed by atoms with Crippen LogP contribution in [0.4, 0.5) is 0 Å². The second-order valence-electron chi connectivity index (χ2n) is 22.1. The summed E-state index contributed by atoms with van der Waals surface area (Å²) in [5.74, 6) is 2.05. The van der Waals surface area contributed by atoms with E-state index in [-0.39, 0.29) is 0 Å². The van der Waals surface area contributed by atoms with E-state index in [0.717, 1.165) is 17.9 Å². The van der Waals surface area contributed by atoms with Crippen molar-refractivity contribution in [1.82, 2.24) is 14.7 Å². The Labute approximate surface area is 317 Å². The van der Waals surface area contributed by atoms with Gasteiger partial charge in [0, 0.05) is 43.3 Å². The first-order chi connectivity index (χ1) is 22.8. The summed E-state index contributed by atoms with van der Waals surface area (Å²) in [5, 5.41) is 0. The fourth-order valence-electron chi connectivity index (χ4n) is 7.69. The average Bonchev–Trinajstić information content (AvgIpc) is 3.89. The predicted molar refractivity (Wildman–Crippen MR) is 227 cm³/mol. The van der Waals surface area contributed by atoms with Gasteiger partial charge in [0.05, 0.1) is 0 Å². The molecule has 3 nitrogen and oxygen atoms in total. The lowest BCUT2D eigenvalue weighted by Crippen LogP contribution is -2.55. The minimum Gasteiger partial charge on any atom is -0.298 e. The van der Waals surface area contributed by atoms with Crippen LogP contribution >= 0.6 is 0 Å². The van der Waals surface area contributed by atoms with Gasteiger partial charge in [-0.15, -0.1) is 0 Å². The fraction of sp³-hybridized carbons (Fsp3) is 0.957. The molecule has 0 aromatic rings. The number of likely N-dealkylation sites (tertiary alicyclic amines) is 1. The average molecular weight is 702 g/mol. The molecule has 3 aliphatic carbocycles. The van der Waals surface area contributed by atoms with Gasteiger partial charge in [-0.1, -0.05) is 119 Å². The van der Waals surface area contributed by atoms with Crippen molar-refractivity contribution in [3.05, 3.63) is 12.2 Å². The first-order valence-corrected chi connectivity index (χ1v) is 21.7. The molecule has 5 fully saturated rings. The van der Waals surface area contributed by atoms with Crippen LogP contribution in [0.3, 0.4) is 0 Å². The van der Waals surface area contributed by atoms with Gasteiger partial charge >= 0.3 is 0 Å². The zero-order valence-electron chi connectivity index (χ0n) is 37.6. The topological polar surface area (TPSA) is 9.72 Å². The summed E-state index contributed by atoms with van der Waals surface area (Å²) in [6.07, 6.45) is 21.9. The van der Waals surface area contributed by atoms with Crippen LogP contribution < -0.4 is 0 Å². The van der Waals surface area contributed by atoms with Crippen molar-refractivity contribution in [2.45, 2.75) is 224 Å². The van der Waals surface area contributed by atoms with Gasteiger partial charge in [-0.2, -0.15) is 0 Å². The Morgan fingerprint density at radius 2 is 0.740 bits per heavy atom. The van der Waals surface area contributed by atoms with E-state index in [0.29, 0.717) is 27.3 Å². The third-order valence-corrected chi connectivity index (χ3v) is 12.6. The summed E-state index contributed by atoms with van der Waals surface area (Å²) in [5.41, 5.74) is 3.49. The first kappa shape index (κ1) is 47.6. The van der Waals surface area contributed by atoms with Gasteiger partial charge < -0.3 is 0 Å². The van der Waals surface area contributed by atoms with Crippen LogP contribution in [0.2, 0.25) is 0 Å². The third-order valence-electron chi connectivity index (χ3n) is 12.6. The SMILES string of the molecule is C=C(C)C(C)(C)C.CC(C)(C)C1CC1.CC(C)(C)C1CCCCC1.CC(C)(C)N1CCCCC1.CC(C)(C)N1CCN(C2CCCCC2)CC1. The van der Waals surface area contributed by atoms with E-state index in [4.69, 9.17) is 0 Å². The Bertz CT molecular complexity index is 841. The lowest BCUT2D eigenvalue weighted by atomic mass is 9.72. The maximum Gasteiger partial charge on any atom is 0.0126 e. The monoisotopic (exact) mass is 702 g/mol. The second-order valence-corrected chi connectivity index (χ2v) is 22.1. The smallest absolute Gasteiger partial charge is 0.0126 e. The molecule has 0 unspecified atom stereocenters. The van der Waals surface area contributed by atoms with Crippen molar-refractivity contribution in [3.63, 3.8) is 0 Å². The standard InChI is InChI=1S/C14H28N2.C10H20.C9H19N.2C7H14/c1-14(2,3)16-11-9-15(10-12-16)13-7-5-4-6-8-13;1-10(2,3)9-7-5-4-6-8-9;1-9(2,3)10-7-5-4-6-8-10;1-7(2,3)6-4-5-6;1-6(2)7(3,4)5/h13H,4-12H2,1-3H3;9H,4-8H2,1-3H3;4-8H2,1-3H3;6H,4-5H2,1-3H3;1H2,2-5H3. The van der Waals surface area contributed by atoms with Crippen molar-refractivity contribution in [3.8, 4) is 0 Å². The first-order valence-electron chi connectivity index (χ1n) is 21.7. The van der Waals surface area contributed by atoms with Gasteiger partial charge in [0.15, 0.2) is 0 Å². The molecular weight excluding hydrogens is 607 g/mol. The summed E-state index contributed by atoms with van der Waals surface area (Å²) >= 11 is 0. The van der Waals surface area contributed by atoms with Crippen molar-refractivity contribution in [2.24, 2.45) is 28.1 Å². The number of piperazine rings is 1. The quantitative estimate of drug-likeness (QED) is 0.252. The van der Waals surface area contributed by atoms with Crippen molar-refractivity contribution in [1.29, 1.82) is 0 Å². The van der Waals surface area contributed by atoms with E-state index in [1.165, 1.54) is 141 Å². The number of rotatable bonds is 1. The number of nitrogens with zero attached hydrogens (tertiary/aromatic N) is 3. The molecule has 0 radical (unpaired) electrons. The van der Waals surface area contributed by atoms with Gasteiger partial charge in [-0.25, -0.2) is 0 Å². The van der Waals surface area contributed by atoms with Crippen LogP contribution in [0.25, 0.3) is 0 Å². The second kappa shape index (κ2) is 21.5. The van der Waals surface area contributed by atoms with E-state index in [9.17, 15) is 0 Å². The zero-order valence-corrected chi connectivity index (χ0v) is 37.6. The fourth-order valence-corrected chi connectivity index (χ4v) is 7.69. The molecular formula is C47H95N3. The van der Waals surface area contributed by atoms with Gasteiger partial charge in [0.2, 0.25) is 0 Å². The molecule has 5 aliphatic rings. The predicted octanol–water partition coefficient (Wildman–Crippen LogP) is 13.7. The van der Waals surface area contributed by atoms with Crippen LogP contribution in [0, 0.1) is 28.1 Å².